The predicted octanol–water partition coefficient (Wildman–Crippen LogP) is 2.54. The maximum atomic E-state index is 12.1. The summed E-state index contributed by atoms with van der Waals surface area (Å²) in [5.74, 6) is -0.289. The van der Waals surface area contributed by atoms with Gasteiger partial charge in [-0.3, -0.25) is 15.1 Å². The molecule has 0 aliphatic carbocycles. The first-order valence-electron chi connectivity index (χ1n) is 6.60. The summed E-state index contributed by atoms with van der Waals surface area (Å²) in [6.07, 6.45) is 3.14. The molecule has 0 fully saturated rings. The smallest absolute Gasteiger partial charge is 0.411 e. The third kappa shape index (κ3) is 7.17. The lowest BCUT2D eigenvalue weighted by atomic mass is 10.0. The van der Waals surface area contributed by atoms with Gasteiger partial charge in [-0.25, -0.2) is 4.79 Å². The Morgan fingerprint density at radius 2 is 2.05 bits per heavy atom. The highest BCUT2D eigenvalue weighted by molar-refractivity contribution is 8.13. The molecule has 0 aromatic heterocycles. The molecule has 1 atom stereocenters. The summed E-state index contributed by atoms with van der Waals surface area (Å²) in [7, 11) is 1.26. The summed E-state index contributed by atoms with van der Waals surface area (Å²) < 4.78 is 9.63. The third-order valence-corrected chi connectivity index (χ3v) is 3.39. The highest BCUT2D eigenvalue weighted by Gasteiger charge is 2.30. The Morgan fingerprint density at radius 3 is 2.48 bits per heavy atom. The minimum Gasteiger partial charge on any atom is -0.468 e. The third-order valence-electron chi connectivity index (χ3n) is 2.68. The molecule has 0 rings (SSSR count). The number of carbonyl (C=O) groups excluding carboxylic acids is 2. The second-order valence-electron chi connectivity index (χ2n) is 4.78. The van der Waals surface area contributed by atoms with E-state index in [2.05, 4.69) is 11.3 Å². The summed E-state index contributed by atoms with van der Waals surface area (Å²) in [6.45, 7) is 7.27. The second-order valence-corrected chi connectivity index (χ2v) is 5.63. The van der Waals surface area contributed by atoms with Crippen LogP contribution in [0.3, 0.4) is 0 Å². The van der Waals surface area contributed by atoms with Gasteiger partial charge in [0, 0.05) is 0 Å². The van der Waals surface area contributed by atoms with Crippen molar-refractivity contribution in [3.63, 3.8) is 0 Å². The molecule has 21 heavy (non-hydrogen) atoms. The van der Waals surface area contributed by atoms with Gasteiger partial charge in [0.2, 0.25) is 0 Å². The molecule has 1 unspecified atom stereocenters. The molecule has 120 valence electrons. The van der Waals surface area contributed by atoms with Crippen molar-refractivity contribution in [3.8, 4) is 0 Å². The minimum absolute atomic E-state index is 0.0531. The summed E-state index contributed by atoms with van der Waals surface area (Å²) >= 11 is 1.24. The second kappa shape index (κ2) is 10.3. The highest BCUT2D eigenvalue weighted by atomic mass is 32.2. The van der Waals surface area contributed by atoms with Crippen LogP contribution >= 0.6 is 11.8 Å². The normalized spacial score (nSPS) is 11.7. The molecule has 6 nitrogen and oxygen atoms in total. The molecule has 0 aromatic rings. The number of hydrogen-bond donors (Lipinski definition) is 1. The van der Waals surface area contributed by atoms with E-state index in [1.165, 1.54) is 29.8 Å². The summed E-state index contributed by atoms with van der Waals surface area (Å²) in [5, 5.41) is 8.34. The van der Waals surface area contributed by atoms with E-state index in [1.807, 2.05) is 13.8 Å². The summed E-state index contributed by atoms with van der Waals surface area (Å²) in [4.78, 5) is 24.9. The van der Waals surface area contributed by atoms with Gasteiger partial charge in [-0.15, -0.1) is 11.8 Å². The fraction of sp³-hybridized carbons (Fsp3) is 0.643. The van der Waals surface area contributed by atoms with Gasteiger partial charge in [0.1, 0.15) is 13.2 Å². The first-order valence-corrected chi connectivity index (χ1v) is 7.83. The maximum Gasteiger partial charge on any atom is 0.411 e. The Balaban J connectivity index is 5.24. The molecule has 1 amide bonds. The van der Waals surface area contributed by atoms with Crippen LogP contribution in [-0.2, 0) is 14.3 Å². The fourth-order valence-electron chi connectivity index (χ4n) is 1.68. The van der Waals surface area contributed by atoms with Crippen molar-refractivity contribution in [3.05, 3.63) is 12.7 Å². The maximum absolute atomic E-state index is 12.1. The number of rotatable bonds is 8. The molecular weight excluding hydrogens is 292 g/mol. The van der Waals surface area contributed by atoms with Crippen LogP contribution in [0.4, 0.5) is 4.79 Å². The number of nitrogens with one attached hydrogen (secondary N) is 1. The fourth-order valence-corrected chi connectivity index (χ4v) is 2.17. The number of amides is 1. The first-order chi connectivity index (χ1) is 9.87. The van der Waals surface area contributed by atoms with Crippen molar-refractivity contribution in [1.82, 2.24) is 4.90 Å². The van der Waals surface area contributed by atoms with Crippen molar-refractivity contribution in [2.24, 2.45) is 5.92 Å². The van der Waals surface area contributed by atoms with Crippen LogP contribution in [0.25, 0.3) is 0 Å². The monoisotopic (exact) mass is 316 g/mol. The Bertz CT molecular complexity index is 385. The molecule has 1 N–H and O–H groups in total. The van der Waals surface area contributed by atoms with Crippen LogP contribution in [0.2, 0.25) is 0 Å². The molecule has 0 saturated carbocycles. The number of nitrogens with zero attached hydrogens (tertiary/aromatic N) is 1. The van der Waals surface area contributed by atoms with Crippen molar-refractivity contribution < 1.29 is 19.1 Å². The van der Waals surface area contributed by atoms with Crippen molar-refractivity contribution in [2.75, 3.05) is 26.5 Å². The minimum atomic E-state index is -0.648. The number of methoxy groups -OCH3 is 1. The Morgan fingerprint density at radius 1 is 1.43 bits per heavy atom. The van der Waals surface area contributed by atoms with E-state index < -0.39 is 18.1 Å². The van der Waals surface area contributed by atoms with Crippen molar-refractivity contribution in [1.29, 1.82) is 5.41 Å². The lowest BCUT2D eigenvalue weighted by Gasteiger charge is -2.31. The first kappa shape index (κ1) is 19.5. The largest absolute Gasteiger partial charge is 0.468 e. The van der Waals surface area contributed by atoms with E-state index in [9.17, 15) is 9.59 Å². The molecule has 0 saturated heterocycles. The zero-order chi connectivity index (χ0) is 16.4. The molecule has 0 aliphatic heterocycles. The van der Waals surface area contributed by atoms with E-state index in [4.69, 9.17) is 10.1 Å². The lowest BCUT2D eigenvalue weighted by molar-refractivity contribution is -0.141. The van der Waals surface area contributed by atoms with E-state index in [-0.39, 0.29) is 19.1 Å². The van der Waals surface area contributed by atoms with Gasteiger partial charge in [0.05, 0.1) is 18.2 Å². The highest BCUT2D eigenvalue weighted by Crippen LogP contribution is 2.18. The number of carbonyl (C=O) groups is 2. The van der Waals surface area contributed by atoms with Gasteiger partial charge in [0.15, 0.2) is 0 Å². The average Bonchev–Trinajstić information content (AvgIpc) is 2.46. The van der Waals surface area contributed by atoms with Gasteiger partial charge < -0.3 is 9.47 Å². The van der Waals surface area contributed by atoms with Crippen LogP contribution in [0.5, 0.6) is 0 Å². The lowest BCUT2D eigenvalue weighted by Crippen LogP contribution is -2.47. The molecule has 0 aliphatic rings. The van der Waals surface area contributed by atoms with Crippen LogP contribution in [0.1, 0.15) is 20.3 Å². The van der Waals surface area contributed by atoms with Crippen LogP contribution in [-0.4, -0.2) is 54.6 Å². The molecular formula is C14H24N2O4S. The quantitative estimate of drug-likeness (QED) is 0.322. The van der Waals surface area contributed by atoms with E-state index in [0.29, 0.717) is 11.5 Å². The van der Waals surface area contributed by atoms with Crippen LogP contribution in [0, 0.1) is 11.3 Å². The van der Waals surface area contributed by atoms with Gasteiger partial charge in [0.25, 0.3) is 0 Å². The number of thioether (sulfide) groups is 1. The topological polar surface area (TPSA) is 79.7 Å². The predicted molar refractivity (Wildman–Crippen MR) is 84.8 cm³/mol. The molecule has 7 heteroatoms. The molecule has 0 aromatic carbocycles. The zero-order valence-corrected chi connectivity index (χ0v) is 13.9. The summed E-state index contributed by atoms with van der Waals surface area (Å²) in [5.41, 5.74) is 0. The Hall–Kier alpha value is -1.50. The van der Waals surface area contributed by atoms with E-state index in [1.54, 1.807) is 6.26 Å². The molecule has 0 spiro atoms. The average molecular weight is 316 g/mol. The Kier molecular flexibility index (Phi) is 9.53. The van der Waals surface area contributed by atoms with Gasteiger partial charge in [-0.2, -0.15) is 0 Å². The zero-order valence-electron chi connectivity index (χ0n) is 13.0. The standard InChI is InChI=1S/C14H24N2O4S/c1-6-7-20-14(18)16(9-12(17)19-4)11(8-10(2)3)13(15)21-5/h6,10-11,15H,1,7-9H2,2-5H3. The molecule has 0 bridgehead atoms. The van der Waals surface area contributed by atoms with Crippen LogP contribution < -0.4 is 0 Å². The number of esters is 1. The number of hydrogen-bond acceptors (Lipinski definition) is 6. The van der Waals surface area contributed by atoms with Crippen molar-refractivity contribution >= 4 is 28.9 Å². The SMILES string of the molecule is C=CCOC(=O)N(CC(=O)OC)C(CC(C)C)C(=N)SC. The number of ether oxygens (including phenoxy) is 2. The molecule has 0 radical (unpaired) electrons. The van der Waals surface area contributed by atoms with Gasteiger partial charge in [-0.05, 0) is 18.6 Å². The van der Waals surface area contributed by atoms with Crippen molar-refractivity contribution in [2.45, 2.75) is 26.3 Å². The van der Waals surface area contributed by atoms with E-state index >= 15 is 0 Å². The van der Waals surface area contributed by atoms with E-state index in [0.717, 1.165) is 0 Å². The van der Waals surface area contributed by atoms with Crippen LogP contribution in [0.15, 0.2) is 12.7 Å². The molecule has 0 heterocycles. The van der Waals surface area contributed by atoms with Gasteiger partial charge >= 0.3 is 12.1 Å². The Labute approximate surface area is 130 Å². The summed E-state index contributed by atoms with van der Waals surface area (Å²) in [6, 6.07) is -0.503. The van der Waals surface area contributed by atoms with Gasteiger partial charge in [-0.1, -0.05) is 26.5 Å².